The molecule has 0 unspecified atom stereocenters. The summed E-state index contributed by atoms with van der Waals surface area (Å²) in [7, 11) is 3.12. The topological polar surface area (TPSA) is 54.3 Å². The zero-order valence-corrected chi connectivity index (χ0v) is 12.6. The van der Waals surface area contributed by atoms with E-state index in [0.717, 1.165) is 11.3 Å². The van der Waals surface area contributed by atoms with Crippen molar-refractivity contribution in [3.8, 4) is 17.6 Å². The molecule has 4 nitrogen and oxygen atoms in total. The number of nitrogens with one attached hydrogen (secondary N) is 1. The Morgan fingerprint density at radius 3 is 2.67 bits per heavy atom. The molecule has 0 bridgehead atoms. The summed E-state index contributed by atoms with van der Waals surface area (Å²) in [5.74, 6) is 1.11. The summed E-state index contributed by atoms with van der Waals surface area (Å²) in [5.41, 5.74) is 2.45. The van der Waals surface area contributed by atoms with Crippen LogP contribution in [0, 0.1) is 11.3 Å². The van der Waals surface area contributed by atoms with Gasteiger partial charge >= 0.3 is 0 Å². The van der Waals surface area contributed by atoms with Gasteiger partial charge in [-0.15, -0.1) is 0 Å². The van der Waals surface area contributed by atoms with Crippen molar-refractivity contribution >= 4 is 17.3 Å². The minimum Gasteiger partial charge on any atom is -0.493 e. The third-order valence-electron chi connectivity index (χ3n) is 2.98. The van der Waals surface area contributed by atoms with Crippen LogP contribution in [0.4, 0.5) is 5.69 Å². The lowest BCUT2D eigenvalue weighted by atomic mass is 10.1. The number of benzene rings is 2. The van der Waals surface area contributed by atoms with Crippen LogP contribution in [0.25, 0.3) is 0 Å². The van der Waals surface area contributed by atoms with Crippen LogP contribution >= 0.6 is 11.6 Å². The van der Waals surface area contributed by atoms with Crippen molar-refractivity contribution in [1.29, 1.82) is 5.26 Å². The highest BCUT2D eigenvalue weighted by Gasteiger charge is 2.10. The maximum atomic E-state index is 8.88. The molecule has 0 aliphatic heterocycles. The first-order chi connectivity index (χ1) is 10.2. The van der Waals surface area contributed by atoms with E-state index in [1.165, 1.54) is 0 Å². The highest BCUT2D eigenvalue weighted by Crippen LogP contribution is 2.36. The molecule has 0 fully saturated rings. The largest absolute Gasteiger partial charge is 0.493 e. The number of halogens is 1. The van der Waals surface area contributed by atoms with Crippen LogP contribution in [0.15, 0.2) is 36.4 Å². The molecule has 2 rings (SSSR count). The number of nitrogens with zero attached hydrogens (tertiary/aromatic N) is 1. The lowest BCUT2D eigenvalue weighted by Crippen LogP contribution is -2.01. The average molecular weight is 303 g/mol. The van der Waals surface area contributed by atoms with E-state index >= 15 is 0 Å². The third-order valence-corrected chi connectivity index (χ3v) is 3.26. The lowest BCUT2D eigenvalue weighted by Gasteiger charge is -2.13. The van der Waals surface area contributed by atoms with E-state index in [4.69, 9.17) is 26.3 Å². The number of hydrogen-bond donors (Lipinski definition) is 1. The van der Waals surface area contributed by atoms with Crippen LogP contribution in [0.1, 0.15) is 11.1 Å². The van der Waals surface area contributed by atoms with Gasteiger partial charge in [-0.05, 0) is 35.9 Å². The zero-order chi connectivity index (χ0) is 15.2. The summed E-state index contributed by atoms with van der Waals surface area (Å²) >= 11 is 6.17. The molecular weight excluding hydrogens is 288 g/mol. The average Bonchev–Trinajstić information content (AvgIpc) is 2.52. The molecule has 0 aliphatic carbocycles. The van der Waals surface area contributed by atoms with E-state index in [-0.39, 0.29) is 0 Å². The molecule has 5 heteroatoms. The fourth-order valence-electron chi connectivity index (χ4n) is 1.98. The van der Waals surface area contributed by atoms with E-state index in [1.54, 1.807) is 26.4 Å². The smallest absolute Gasteiger partial charge is 0.179 e. The Morgan fingerprint density at radius 2 is 2.00 bits per heavy atom. The van der Waals surface area contributed by atoms with Crippen molar-refractivity contribution in [3.63, 3.8) is 0 Å². The fourth-order valence-corrected chi connectivity index (χ4v) is 2.29. The molecule has 21 heavy (non-hydrogen) atoms. The Labute approximate surface area is 128 Å². The first-order valence-corrected chi connectivity index (χ1v) is 6.70. The van der Waals surface area contributed by atoms with Gasteiger partial charge in [0.05, 0.1) is 30.9 Å². The van der Waals surface area contributed by atoms with Gasteiger partial charge in [-0.3, -0.25) is 0 Å². The number of rotatable bonds is 5. The van der Waals surface area contributed by atoms with Gasteiger partial charge in [0.25, 0.3) is 0 Å². The van der Waals surface area contributed by atoms with Crippen molar-refractivity contribution in [2.24, 2.45) is 0 Å². The van der Waals surface area contributed by atoms with Crippen molar-refractivity contribution in [2.45, 2.75) is 6.54 Å². The van der Waals surface area contributed by atoms with Crippen molar-refractivity contribution < 1.29 is 9.47 Å². The summed E-state index contributed by atoms with van der Waals surface area (Å²) in [6.45, 7) is 0.564. The summed E-state index contributed by atoms with van der Waals surface area (Å²) in [6, 6.07) is 13.1. The molecule has 108 valence electrons. The summed E-state index contributed by atoms with van der Waals surface area (Å²) in [6.07, 6.45) is 0. The highest BCUT2D eigenvalue weighted by atomic mass is 35.5. The number of nitriles is 1. The fraction of sp³-hybridized carbons (Fsp3) is 0.188. The molecule has 0 saturated carbocycles. The Hall–Kier alpha value is -2.38. The summed E-state index contributed by atoms with van der Waals surface area (Å²) in [4.78, 5) is 0. The Balaban J connectivity index is 2.16. The summed E-state index contributed by atoms with van der Waals surface area (Å²) < 4.78 is 10.5. The van der Waals surface area contributed by atoms with E-state index < -0.39 is 0 Å². The van der Waals surface area contributed by atoms with E-state index in [1.807, 2.05) is 24.3 Å². The van der Waals surface area contributed by atoms with Crippen molar-refractivity contribution in [2.75, 3.05) is 19.5 Å². The molecule has 0 amide bonds. The molecule has 0 saturated heterocycles. The van der Waals surface area contributed by atoms with Crippen LogP contribution < -0.4 is 14.8 Å². The Bertz CT molecular complexity index is 680. The monoisotopic (exact) mass is 302 g/mol. The second-order valence-electron chi connectivity index (χ2n) is 4.36. The first kappa shape index (κ1) is 15.0. The van der Waals surface area contributed by atoms with Gasteiger partial charge in [-0.25, -0.2) is 0 Å². The third kappa shape index (κ3) is 3.59. The van der Waals surface area contributed by atoms with Crippen LogP contribution in [0.3, 0.4) is 0 Å². The van der Waals surface area contributed by atoms with E-state index in [9.17, 15) is 0 Å². The van der Waals surface area contributed by atoms with Gasteiger partial charge < -0.3 is 14.8 Å². The number of hydrogen-bond acceptors (Lipinski definition) is 4. The normalized spacial score (nSPS) is 9.81. The number of ether oxygens (including phenoxy) is 2. The Kier molecular flexibility index (Phi) is 4.91. The first-order valence-electron chi connectivity index (χ1n) is 6.32. The van der Waals surface area contributed by atoms with Crippen molar-refractivity contribution in [3.05, 3.63) is 52.5 Å². The van der Waals surface area contributed by atoms with E-state index in [2.05, 4.69) is 11.4 Å². The minimum atomic E-state index is 0.499. The molecule has 2 aromatic carbocycles. The second kappa shape index (κ2) is 6.87. The maximum absolute atomic E-state index is 8.88. The molecule has 0 heterocycles. The van der Waals surface area contributed by atoms with Gasteiger partial charge in [0, 0.05) is 12.2 Å². The molecule has 0 spiro atoms. The summed E-state index contributed by atoms with van der Waals surface area (Å²) in [5, 5.41) is 12.6. The minimum absolute atomic E-state index is 0.499. The highest BCUT2D eigenvalue weighted by molar-refractivity contribution is 6.32. The van der Waals surface area contributed by atoms with Gasteiger partial charge in [0.1, 0.15) is 0 Å². The van der Waals surface area contributed by atoms with Gasteiger partial charge in [-0.2, -0.15) is 5.26 Å². The molecular formula is C16H15ClN2O2. The SMILES string of the molecule is COc1cc(CNc2cccc(C#N)c2)cc(Cl)c1OC. The van der Waals surface area contributed by atoms with Crippen LogP contribution in [-0.4, -0.2) is 14.2 Å². The maximum Gasteiger partial charge on any atom is 0.179 e. The van der Waals surface area contributed by atoms with Gasteiger partial charge in [-0.1, -0.05) is 17.7 Å². The molecule has 1 N–H and O–H groups in total. The molecule has 0 aliphatic rings. The van der Waals surface area contributed by atoms with Gasteiger partial charge in [0.2, 0.25) is 0 Å². The van der Waals surface area contributed by atoms with Crippen LogP contribution in [0.5, 0.6) is 11.5 Å². The zero-order valence-electron chi connectivity index (χ0n) is 11.8. The number of methoxy groups -OCH3 is 2. The predicted molar refractivity (Wildman–Crippen MR) is 83.0 cm³/mol. The molecule has 0 aromatic heterocycles. The lowest BCUT2D eigenvalue weighted by molar-refractivity contribution is 0.355. The van der Waals surface area contributed by atoms with Gasteiger partial charge in [0.15, 0.2) is 11.5 Å². The van der Waals surface area contributed by atoms with Crippen LogP contribution in [0.2, 0.25) is 5.02 Å². The Morgan fingerprint density at radius 1 is 1.19 bits per heavy atom. The second-order valence-corrected chi connectivity index (χ2v) is 4.77. The molecule has 2 aromatic rings. The van der Waals surface area contributed by atoms with E-state index in [0.29, 0.717) is 28.6 Å². The molecule has 0 atom stereocenters. The quantitative estimate of drug-likeness (QED) is 0.911. The van der Waals surface area contributed by atoms with Crippen molar-refractivity contribution in [1.82, 2.24) is 0 Å². The standard InChI is InChI=1S/C16H15ClN2O2/c1-20-15-8-12(7-14(17)16(15)21-2)10-19-13-5-3-4-11(6-13)9-18/h3-8,19H,10H2,1-2H3. The number of anilines is 1. The predicted octanol–water partition coefficient (Wildman–Crippen LogP) is 3.84. The molecule has 0 radical (unpaired) electrons. The van der Waals surface area contributed by atoms with Crippen LogP contribution in [-0.2, 0) is 6.54 Å².